The van der Waals surface area contributed by atoms with Gasteiger partial charge in [0.25, 0.3) is 0 Å². The van der Waals surface area contributed by atoms with Crippen molar-refractivity contribution in [1.29, 1.82) is 0 Å². The van der Waals surface area contributed by atoms with E-state index in [9.17, 15) is 0 Å². The van der Waals surface area contributed by atoms with Crippen molar-refractivity contribution < 1.29 is 13.4 Å². The number of hydrogen-bond donors (Lipinski definition) is 0. The van der Waals surface area contributed by atoms with Gasteiger partial charge in [-0.3, -0.25) is 0 Å². The molecular weight excluding hydrogens is 469 g/mol. The van der Waals surface area contributed by atoms with Gasteiger partial charge in [-0.2, -0.15) is 0 Å². The summed E-state index contributed by atoms with van der Waals surface area (Å²) in [6.07, 6.45) is 2.04. The van der Waals surface area contributed by atoms with Crippen LogP contribution in [0.25, 0.3) is 44.3 Å². The van der Waals surface area contributed by atoms with Crippen molar-refractivity contribution in [3.8, 4) is 22.4 Å². The maximum absolute atomic E-state index is 16.1. The van der Waals surface area contributed by atoms with E-state index < -0.39 is 0 Å². The van der Waals surface area contributed by atoms with Gasteiger partial charge in [0.05, 0.1) is 11.1 Å². The lowest BCUT2D eigenvalue weighted by molar-refractivity contribution is -0.660. The number of pyridine rings is 1. The normalized spacial score (nSPS) is 17.3. The van der Waals surface area contributed by atoms with E-state index in [-0.39, 0.29) is 22.1 Å². The van der Waals surface area contributed by atoms with E-state index >= 15 is 4.39 Å². The zero-order chi connectivity index (χ0) is 27.4. The summed E-state index contributed by atoms with van der Waals surface area (Å²) >= 11 is 0. The molecule has 0 bridgehead atoms. The van der Waals surface area contributed by atoms with Gasteiger partial charge in [0, 0.05) is 22.9 Å². The van der Waals surface area contributed by atoms with Gasteiger partial charge in [-0.15, -0.1) is 0 Å². The van der Waals surface area contributed by atoms with Crippen LogP contribution in [0.4, 0.5) is 4.39 Å². The summed E-state index contributed by atoms with van der Waals surface area (Å²) in [5.41, 5.74) is 9.59. The molecule has 0 unspecified atom stereocenters. The standard InChI is InChI=1S/C35H37FNO/c1-20-18-24(30-25(19-20)33(3,4)35(7,8)34(30,5)6)29-26(36)16-15-23-22-14-13-21(2)28(31(22)38-32(23)29)27-12-10-11-17-37(27)9/h10-19H,1-9H3/q+1. The first-order valence-corrected chi connectivity index (χ1v) is 13.5. The van der Waals surface area contributed by atoms with Crippen LogP contribution in [0, 0.1) is 25.1 Å². The Bertz CT molecular complexity index is 1780. The summed E-state index contributed by atoms with van der Waals surface area (Å²) in [6, 6.07) is 18.4. The maximum Gasteiger partial charge on any atom is 0.216 e. The van der Waals surface area contributed by atoms with E-state index in [1.165, 1.54) is 11.1 Å². The second-order valence-corrected chi connectivity index (χ2v) is 12.8. The van der Waals surface area contributed by atoms with Crippen LogP contribution in [-0.2, 0) is 17.9 Å². The summed E-state index contributed by atoms with van der Waals surface area (Å²) in [4.78, 5) is 0. The Morgan fingerprint density at radius 1 is 0.763 bits per heavy atom. The van der Waals surface area contributed by atoms with E-state index in [1.807, 2.05) is 31.4 Å². The second kappa shape index (κ2) is 7.79. The quantitative estimate of drug-likeness (QED) is 0.218. The van der Waals surface area contributed by atoms with Crippen LogP contribution in [0.3, 0.4) is 0 Å². The molecule has 0 fully saturated rings. The van der Waals surface area contributed by atoms with Gasteiger partial charge in [0.1, 0.15) is 24.0 Å². The lowest BCUT2D eigenvalue weighted by atomic mass is 9.59. The topological polar surface area (TPSA) is 17.0 Å². The molecule has 194 valence electrons. The Morgan fingerprint density at radius 3 is 2.11 bits per heavy atom. The van der Waals surface area contributed by atoms with Gasteiger partial charge >= 0.3 is 0 Å². The third kappa shape index (κ3) is 3.02. The Morgan fingerprint density at radius 2 is 1.42 bits per heavy atom. The van der Waals surface area contributed by atoms with Crippen LogP contribution in [0.1, 0.15) is 63.8 Å². The number of hydrogen-bond acceptors (Lipinski definition) is 1. The summed E-state index contributed by atoms with van der Waals surface area (Å²) in [7, 11) is 2.04. The minimum atomic E-state index is -0.244. The molecule has 3 aromatic carbocycles. The molecule has 0 atom stereocenters. The third-order valence-corrected chi connectivity index (χ3v) is 10.3. The minimum Gasteiger partial charge on any atom is -0.454 e. The van der Waals surface area contributed by atoms with Crippen LogP contribution in [0.5, 0.6) is 0 Å². The highest BCUT2D eigenvalue weighted by atomic mass is 19.1. The van der Waals surface area contributed by atoms with Gasteiger partial charge < -0.3 is 4.42 Å². The number of furan rings is 1. The lowest BCUT2D eigenvalue weighted by Crippen LogP contribution is -2.42. The zero-order valence-electron chi connectivity index (χ0n) is 24.0. The van der Waals surface area contributed by atoms with Crippen molar-refractivity contribution in [1.82, 2.24) is 0 Å². The molecule has 0 aliphatic heterocycles. The van der Waals surface area contributed by atoms with E-state index in [2.05, 4.69) is 90.3 Å². The molecule has 1 aliphatic rings. The molecule has 1 aliphatic carbocycles. The van der Waals surface area contributed by atoms with E-state index in [1.54, 1.807) is 6.07 Å². The lowest BCUT2D eigenvalue weighted by Gasteiger charge is -2.44. The average molecular weight is 507 g/mol. The molecule has 2 aromatic heterocycles. The largest absolute Gasteiger partial charge is 0.454 e. The van der Waals surface area contributed by atoms with Gasteiger partial charge in [0.15, 0.2) is 6.20 Å². The van der Waals surface area contributed by atoms with Gasteiger partial charge in [0.2, 0.25) is 5.69 Å². The molecule has 0 N–H and O–H groups in total. The Kier molecular flexibility index (Phi) is 5.09. The molecule has 0 spiro atoms. The van der Waals surface area contributed by atoms with Crippen molar-refractivity contribution in [3.63, 3.8) is 0 Å². The Labute approximate surface area is 225 Å². The number of aryl methyl sites for hydroxylation is 3. The Balaban J connectivity index is 1.75. The van der Waals surface area contributed by atoms with Gasteiger partial charge in [-0.1, -0.05) is 71.4 Å². The van der Waals surface area contributed by atoms with Gasteiger partial charge in [-0.25, -0.2) is 8.96 Å². The number of benzene rings is 3. The molecule has 2 heterocycles. The summed E-state index contributed by atoms with van der Waals surface area (Å²) in [6.45, 7) is 18.2. The SMILES string of the molecule is Cc1cc(-c2c(F)ccc3c2oc2c(-c4cccc[n+]4C)c(C)ccc23)c2c(c1)C(C)(C)C(C)(C)C2(C)C. The average Bonchev–Trinajstić information content (AvgIpc) is 3.25. The van der Waals surface area contributed by atoms with Crippen LogP contribution in [0.2, 0.25) is 0 Å². The predicted octanol–water partition coefficient (Wildman–Crippen LogP) is 9.10. The second-order valence-electron chi connectivity index (χ2n) is 12.8. The summed E-state index contributed by atoms with van der Waals surface area (Å²) in [5, 5.41) is 1.95. The number of rotatable bonds is 2. The van der Waals surface area contributed by atoms with E-state index in [0.29, 0.717) is 11.1 Å². The first kappa shape index (κ1) is 24.9. The first-order valence-electron chi connectivity index (χ1n) is 13.5. The monoisotopic (exact) mass is 506 g/mol. The first-order chi connectivity index (χ1) is 17.8. The van der Waals surface area contributed by atoms with Crippen molar-refractivity contribution in [2.24, 2.45) is 12.5 Å². The van der Waals surface area contributed by atoms with E-state index in [0.717, 1.165) is 44.3 Å². The Hall–Kier alpha value is -3.46. The number of aromatic nitrogens is 1. The molecule has 6 rings (SSSR count). The molecule has 38 heavy (non-hydrogen) atoms. The minimum absolute atomic E-state index is 0.0323. The fourth-order valence-corrected chi connectivity index (χ4v) is 6.91. The van der Waals surface area contributed by atoms with Crippen LogP contribution >= 0.6 is 0 Å². The molecule has 2 nitrogen and oxygen atoms in total. The molecule has 0 saturated carbocycles. The van der Waals surface area contributed by atoms with Crippen molar-refractivity contribution in [2.45, 2.75) is 66.2 Å². The van der Waals surface area contributed by atoms with Crippen LogP contribution in [0.15, 0.2) is 65.2 Å². The predicted molar refractivity (Wildman–Crippen MR) is 155 cm³/mol. The summed E-state index contributed by atoms with van der Waals surface area (Å²) < 4.78 is 24.9. The van der Waals surface area contributed by atoms with Gasteiger partial charge in [-0.05, 0) is 70.5 Å². The fourth-order valence-electron chi connectivity index (χ4n) is 6.91. The maximum atomic E-state index is 16.1. The number of nitrogens with zero attached hydrogens (tertiary/aromatic N) is 1. The molecule has 0 saturated heterocycles. The van der Waals surface area contributed by atoms with Crippen LogP contribution in [-0.4, -0.2) is 0 Å². The van der Waals surface area contributed by atoms with Crippen LogP contribution < -0.4 is 4.57 Å². The molecule has 0 radical (unpaired) electrons. The highest BCUT2D eigenvalue weighted by molar-refractivity contribution is 6.13. The number of halogens is 1. The molecule has 5 aromatic rings. The smallest absolute Gasteiger partial charge is 0.216 e. The van der Waals surface area contributed by atoms with E-state index in [4.69, 9.17) is 4.42 Å². The third-order valence-electron chi connectivity index (χ3n) is 10.3. The van der Waals surface area contributed by atoms with Crippen molar-refractivity contribution in [2.75, 3.05) is 0 Å². The zero-order valence-corrected chi connectivity index (χ0v) is 24.0. The number of fused-ring (bicyclic) bond motifs is 4. The summed E-state index contributed by atoms with van der Waals surface area (Å²) in [5.74, 6) is -0.244. The van der Waals surface area contributed by atoms with Crippen molar-refractivity contribution in [3.05, 3.63) is 88.9 Å². The highest BCUT2D eigenvalue weighted by Crippen LogP contribution is 2.64. The fraction of sp³-hybridized carbons (Fsp3) is 0.343. The molecule has 0 amide bonds. The molecule has 3 heteroatoms. The molecular formula is C35H37FNO+. The van der Waals surface area contributed by atoms with Crippen molar-refractivity contribution >= 4 is 21.9 Å². The highest BCUT2D eigenvalue weighted by Gasteiger charge is 2.57.